The van der Waals surface area contributed by atoms with Gasteiger partial charge in [0.1, 0.15) is 0 Å². The lowest BCUT2D eigenvalue weighted by atomic mass is 9.90. The average molecular weight is 302 g/mol. The molecule has 1 aromatic carbocycles. The largest absolute Gasteiger partial charge is 0.348 e. The monoisotopic (exact) mass is 302 g/mol. The number of para-hydroxylation sites is 2. The van der Waals surface area contributed by atoms with Gasteiger partial charge in [0.05, 0.1) is 24.2 Å². The molecule has 0 atom stereocenters. The molecule has 118 valence electrons. The summed E-state index contributed by atoms with van der Waals surface area (Å²) in [5.74, 6) is -0.372. The Balaban J connectivity index is 1.70. The second-order valence-corrected chi connectivity index (χ2v) is 6.22. The molecule has 1 aliphatic heterocycles. The first kappa shape index (κ1) is 14.0. The Hall–Kier alpha value is -1.59. The van der Waals surface area contributed by atoms with Crippen LogP contribution in [0.1, 0.15) is 38.6 Å². The fraction of sp³-hybridized carbons (Fsp3) is 0.588. The van der Waals surface area contributed by atoms with E-state index in [0.717, 1.165) is 36.7 Å². The molecule has 0 bridgehead atoms. The molecule has 1 aromatic heterocycles. The van der Waals surface area contributed by atoms with Gasteiger partial charge in [-0.05, 0) is 31.9 Å². The molecule has 1 saturated heterocycles. The van der Waals surface area contributed by atoms with E-state index in [4.69, 9.17) is 9.47 Å². The second kappa shape index (κ2) is 5.25. The number of aryl methyl sites for hydroxylation is 1. The summed E-state index contributed by atoms with van der Waals surface area (Å²) < 4.78 is 15.4. The molecule has 0 amide bonds. The molecule has 0 radical (unpaired) electrons. The summed E-state index contributed by atoms with van der Waals surface area (Å²) in [5, 5.41) is 0. The van der Waals surface area contributed by atoms with Crippen molar-refractivity contribution in [1.82, 2.24) is 9.13 Å². The molecule has 1 saturated carbocycles. The molecule has 5 heteroatoms. The van der Waals surface area contributed by atoms with Crippen LogP contribution in [0.25, 0.3) is 11.0 Å². The summed E-state index contributed by atoms with van der Waals surface area (Å²) in [7, 11) is 0. The van der Waals surface area contributed by atoms with E-state index in [0.29, 0.717) is 19.8 Å². The first-order chi connectivity index (χ1) is 10.7. The van der Waals surface area contributed by atoms with Gasteiger partial charge in [0.15, 0.2) is 5.79 Å². The highest BCUT2D eigenvalue weighted by Gasteiger charge is 2.41. The zero-order valence-corrected chi connectivity index (χ0v) is 13.0. The lowest BCUT2D eigenvalue weighted by Gasteiger charge is -2.35. The number of rotatable bonds is 2. The summed E-state index contributed by atoms with van der Waals surface area (Å²) in [4.78, 5) is 12.8. The van der Waals surface area contributed by atoms with Gasteiger partial charge in [-0.1, -0.05) is 12.1 Å². The van der Waals surface area contributed by atoms with Gasteiger partial charge in [0.25, 0.3) is 0 Å². The number of imidazole rings is 1. The summed E-state index contributed by atoms with van der Waals surface area (Å²) in [6.45, 7) is 4.11. The van der Waals surface area contributed by atoms with E-state index in [1.807, 2.05) is 34.3 Å². The van der Waals surface area contributed by atoms with Crippen molar-refractivity contribution >= 4 is 11.0 Å². The van der Waals surface area contributed by atoms with Crippen LogP contribution in [0.15, 0.2) is 29.1 Å². The number of nitrogens with zero attached hydrogens (tertiary/aromatic N) is 2. The zero-order valence-electron chi connectivity index (χ0n) is 13.0. The Labute approximate surface area is 129 Å². The van der Waals surface area contributed by atoms with Crippen molar-refractivity contribution in [3.63, 3.8) is 0 Å². The van der Waals surface area contributed by atoms with Gasteiger partial charge in [-0.25, -0.2) is 4.79 Å². The van der Waals surface area contributed by atoms with Crippen molar-refractivity contribution in [2.75, 3.05) is 13.2 Å². The van der Waals surface area contributed by atoms with Crippen molar-refractivity contribution < 1.29 is 9.47 Å². The molecule has 2 aromatic rings. The molecule has 2 heterocycles. The van der Waals surface area contributed by atoms with Crippen LogP contribution >= 0.6 is 0 Å². The predicted molar refractivity (Wildman–Crippen MR) is 84.0 cm³/mol. The van der Waals surface area contributed by atoms with Gasteiger partial charge < -0.3 is 9.47 Å². The highest BCUT2D eigenvalue weighted by Crippen LogP contribution is 2.40. The van der Waals surface area contributed by atoms with Crippen LogP contribution in [-0.2, 0) is 16.0 Å². The third-order valence-electron chi connectivity index (χ3n) is 5.08. The smallest absolute Gasteiger partial charge is 0.329 e. The van der Waals surface area contributed by atoms with E-state index in [2.05, 4.69) is 6.07 Å². The fourth-order valence-corrected chi connectivity index (χ4v) is 3.98. The topological polar surface area (TPSA) is 45.4 Å². The maximum Gasteiger partial charge on any atom is 0.329 e. The Morgan fingerprint density at radius 1 is 1.14 bits per heavy atom. The highest BCUT2D eigenvalue weighted by molar-refractivity contribution is 5.76. The average Bonchev–Trinajstić information content (AvgIpc) is 3.11. The number of benzene rings is 1. The van der Waals surface area contributed by atoms with Gasteiger partial charge in [0.2, 0.25) is 0 Å². The lowest BCUT2D eigenvalue weighted by Crippen LogP contribution is -2.38. The molecule has 2 aliphatic rings. The Bertz CT molecular complexity index is 730. The Kier molecular flexibility index (Phi) is 3.35. The molecule has 0 N–H and O–H groups in total. The molecular weight excluding hydrogens is 280 g/mol. The van der Waals surface area contributed by atoms with Crippen LogP contribution in [0.2, 0.25) is 0 Å². The summed E-state index contributed by atoms with van der Waals surface area (Å²) in [6, 6.07) is 8.32. The summed E-state index contributed by atoms with van der Waals surface area (Å²) in [5.41, 5.74) is 2.19. The van der Waals surface area contributed by atoms with Gasteiger partial charge in [-0.2, -0.15) is 0 Å². The van der Waals surface area contributed by atoms with Gasteiger partial charge in [-0.3, -0.25) is 9.13 Å². The van der Waals surface area contributed by atoms with Crippen molar-refractivity contribution in [1.29, 1.82) is 0 Å². The maximum atomic E-state index is 12.8. The van der Waals surface area contributed by atoms with E-state index < -0.39 is 0 Å². The summed E-state index contributed by atoms with van der Waals surface area (Å²) >= 11 is 0. The van der Waals surface area contributed by atoms with Gasteiger partial charge >= 0.3 is 5.69 Å². The Morgan fingerprint density at radius 2 is 1.77 bits per heavy atom. The van der Waals surface area contributed by atoms with Crippen LogP contribution in [0, 0.1) is 0 Å². The van der Waals surface area contributed by atoms with Crippen LogP contribution in [0.5, 0.6) is 0 Å². The standard InChI is InChI=1S/C17H22N2O3/c1-2-18-14-5-3-4-6-15(14)19(16(18)20)13-7-9-17(10-8-13)21-11-12-22-17/h3-6,13H,2,7-12H2,1H3. The quantitative estimate of drug-likeness (QED) is 0.857. The zero-order chi connectivity index (χ0) is 15.2. The van der Waals surface area contributed by atoms with E-state index in [1.165, 1.54) is 0 Å². The third-order valence-corrected chi connectivity index (χ3v) is 5.08. The van der Waals surface area contributed by atoms with E-state index in [1.54, 1.807) is 0 Å². The summed E-state index contributed by atoms with van der Waals surface area (Å²) in [6.07, 6.45) is 3.60. The number of hydrogen-bond donors (Lipinski definition) is 0. The highest BCUT2D eigenvalue weighted by atomic mass is 16.7. The van der Waals surface area contributed by atoms with Crippen molar-refractivity contribution in [2.24, 2.45) is 0 Å². The van der Waals surface area contributed by atoms with Crippen LogP contribution < -0.4 is 5.69 Å². The molecule has 5 nitrogen and oxygen atoms in total. The second-order valence-electron chi connectivity index (χ2n) is 6.22. The SMILES string of the molecule is CCn1c(=O)n(C2CCC3(CC2)OCCO3)c2ccccc21. The van der Waals surface area contributed by atoms with Gasteiger partial charge in [-0.15, -0.1) is 0 Å². The maximum absolute atomic E-state index is 12.8. The number of ether oxygens (including phenoxy) is 2. The van der Waals surface area contributed by atoms with E-state index in [9.17, 15) is 4.79 Å². The fourth-order valence-electron chi connectivity index (χ4n) is 3.98. The van der Waals surface area contributed by atoms with E-state index >= 15 is 0 Å². The van der Waals surface area contributed by atoms with Crippen LogP contribution in [-0.4, -0.2) is 28.1 Å². The normalized spacial score (nSPS) is 21.9. The number of fused-ring (bicyclic) bond motifs is 1. The van der Waals surface area contributed by atoms with Crippen LogP contribution in [0.4, 0.5) is 0 Å². The Morgan fingerprint density at radius 3 is 2.41 bits per heavy atom. The molecule has 1 spiro atoms. The van der Waals surface area contributed by atoms with Crippen LogP contribution in [0.3, 0.4) is 0 Å². The number of hydrogen-bond acceptors (Lipinski definition) is 3. The lowest BCUT2D eigenvalue weighted by molar-refractivity contribution is -0.181. The first-order valence-electron chi connectivity index (χ1n) is 8.22. The molecule has 4 rings (SSSR count). The minimum atomic E-state index is -0.372. The minimum absolute atomic E-state index is 0.109. The minimum Gasteiger partial charge on any atom is -0.348 e. The predicted octanol–water partition coefficient (Wildman–Crippen LogP) is 2.68. The molecule has 22 heavy (non-hydrogen) atoms. The van der Waals surface area contributed by atoms with Crippen molar-refractivity contribution in [3.8, 4) is 0 Å². The molecular formula is C17H22N2O3. The van der Waals surface area contributed by atoms with E-state index in [-0.39, 0.29) is 17.5 Å². The van der Waals surface area contributed by atoms with Crippen molar-refractivity contribution in [3.05, 3.63) is 34.7 Å². The first-order valence-corrected chi connectivity index (χ1v) is 8.22. The molecule has 2 fully saturated rings. The third kappa shape index (κ3) is 2.03. The molecule has 1 aliphatic carbocycles. The molecule has 0 unspecified atom stereocenters. The van der Waals surface area contributed by atoms with Crippen molar-refractivity contribution in [2.45, 2.75) is 51.0 Å². The number of aromatic nitrogens is 2. The van der Waals surface area contributed by atoms with Gasteiger partial charge in [0, 0.05) is 25.4 Å².